The van der Waals surface area contributed by atoms with Gasteiger partial charge in [0.05, 0.1) is 6.67 Å². The van der Waals surface area contributed by atoms with E-state index < -0.39 is 0 Å². The van der Waals surface area contributed by atoms with Gasteiger partial charge in [0, 0.05) is 20.4 Å². The molecule has 0 spiro atoms. The molecule has 0 radical (unpaired) electrons. The fourth-order valence-corrected chi connectivity index (χ4v) is 4.21. The smallest absolute Gasteiger partial charge is 0.0934 e. The van der Waals surface area contributed by atoms with Crippen LogP contribution in [0.5, 0.6) is 0 Å². The van der Waals surface area contributed by atoms with Crippen LogP contribution < -0.4 is 0 Å². The first-order chi connectivity index (χ1) is 5.15. The fourth-order valence-electron chi connectivity index (χ4n) is 1.37. The maximum Gasteiger partial charge on any atom is 0.0934 e. The molecule has 0 heterocycles. The Balaban J connectivity index is 2.51. The van der Waals surface area contributed by atoms with Crippen LogP contribution in [0.25, 0.3) is 0 Å². The summed E-state index contributed by atoms with van der Waals surface area (Å²) in [7, 11) is 0. The molecule has 0 saturated heterocycles. The monoisotopic (exact) mass is 350 g/mol. The van der Waals surface area contributed by atoms with Gasteiger partial charge in [-0.2, -0.15) is 0 Å². The van der Waals surface area contributed by atoms with Gasteiger partial charge in [-0.15, -0.1) is 0 Å². The third-order valence-electron chi connectivity index (χ3n) is 2.03. The fraction of sp³-hybridized carbons (Fsp3) is 1.00. The zero-order valence-electron chi connectivity index (χ0n) is 5.94. The van der Waals surface area contributed by atoms with Crippen molar-refractivity contribution < 1.29 is 4.39 Å². The number of alkyl halides is 4. The second kappa shape index (κ2) is 4.56. The van der Waals surface area contributed by atoms with Gasteiger partial charge in [-0.25, -0.2) is 0 Å². The quantitative estimate of drug-likeness (QED) is 0.632. The van der Waals surface area contributed by atoms with Crippen molar-refractivity contribution in [3.63, 3.8) is 0 Å². The molecule has 1 saturated carbocycles. The molecule has 1 aliphatic carbocycles. The first kappa shape index (κ1) is 10.5. The van der Waals surface area contributed by atoms with Crippen molar-refractivity contribution >= 4 is 47.8 Å². The van der Waals surface area contributed by atoms with Gasteiger partial charge < -0.3 is 0 Å². The molecule has 66 valence electrons. The van der Waals surface area contributed by atoms with Crippen LogP contribution in [0.1, 0.15) is 12.8 Å². The average Bonchev–Trinajstić information content (AvgIpc) is 1.96. The molecule has 0 aromatic rings. The summed E-state index contributed by atoms with van der Waals surface area (Å²) >= 11 is 10.6. The SMILES string of the molecule is FCC1CC(Br)CC(Br)C1Br. The van der Waals surface area contributed by atoms with Crippen LogP contribution in [-0.4, -0.2) is 21.2 Å². The highest BCUT2D eigenvalue weighted by Gasteiger charge is 2.33. The lowest BCUT2D eigenvalue weighted by atomic mass is 9.90. The van der Waals surface area contributed by atoms with E-state index in [0.29, 0.717) is 14.5 Å². The van der Waals surface area contributed by atoms with Crippen molar-refractivity contribution in [2.24, 2.45) is 5.92 Å². The summed E-state index contributed by atoms with van der Waals surface area (Å²) in [5, 5.41) is 0. The molecule has 0 N–H and O–H groups in total. The van der Waals surface area contributed by atoms with Crippen LogP contribution in [0.15, 0.2) is 0 Å². The van der Waals surface area contributed by atoms with E-state index in [1.807, 2.05) is 0 Å². The van der Waals surface area contributed by atoms with Crippen LogP contribution in [0.3, 0.4) is 0 Å². The molecule has 0 aliphatic heterocycles. The molecule has 1 rings (SSSR count). The Labute approximate surface area is 91.7 Å². The lowest BCUT2D eigenvalue weighted by Crippen LogP contribution is -2.35. The van der Waals surface area contributed by atoms with E-state index in [-0.39, 0.29) is 12.6 Å². The molecule has 11 heavy (non-hydrogen) atoms. The predicted octanol–water partition coefficient (Wildman–Crippen LogP) is 3.66. The van der Waals surface area contributed by atoms with Crippen molar-refractivity contribution in [1.29, 1.82) is 0 Å². The molecule has 1 fully saturated rings. The minimum atomic E-state index is -0.222. The number of halogens is 4. The van der Waals surface area contributed by atoms with Crippen LogP contribution in [-0.2, 0) is 0 Å². The molecular weight excluding hydrogens is 343 g/mol. The Kier molecular flexibility index (Phi) is 4.33. The molecule has 0 aromatic carbocycles. The summed E-state index contributed by atoms with van der Waals surface area (Å²) in [6.45, 7) is -0.222. The third kappa shape index (κ3) is 2.66. The Morgan fingerprint density at radius 2 is 1.82 bits per heavy atom. The van der Waals surface area contributed by atoms with Crippen molar-refractivity contribution in [3.05, 3.63) is 0 Å². The highest BCUT2D eigenvalue weighted by molar-refractivity contribution is 9.12. The third-order valence-corrected chi connectivity index (χ3v) is 5.82. The average molecular weight is 353 g/mol. The van der Waals surface area contributed by atoms with Crippen LogP contribution >= 0.6 is 47.8 Å². The lowest BCUT2D eigenvalue weighted by molar-refractivity contribution is 0.305. The van der Waals surface area contributed by atoms with Gasteiger partial charge in [0.15, 0.2) is 0 Å². The van der Waals surface area contributed by atoms with Gasteiger partial charge in [-0.3, -0.25) is 4.39 Å². The molecule has 1 aliphatic rings. The van der Waals surface area contributed by atoms with E-state index in [1.165, 1.54) is 0 Å². The van der Waals surface area contributed by atoms with Gasteiger partial charge in [-0.05, 0) is 12.8 Å². The van der Waals surface area contributed by atoms with Gasteiger partial charge in [-0.1, -0.05) is 47.8 Å². The van der Waals surface area contributed by atoms with E-state index >= 15 is 0 Å². The molecule has 4 heteroatoms. The van der Waals surface area contributed by atoms with Crippen molar-refractivity contribution in [2.75, 3.05) is 6.67 Å². The maximum absolute atomic E-state index is 12.4. The number of rotatable bonds is 1. The highest BCUT2D eigenvalue weighted by atomic mass is 79.9. The largest absolute Gasteiger partial charge is 0.251 e. The predicted molar refractivity (Wildman–Crippen MR) is 56.8 cm³/mol. The second-order valence-corrected chi connectivity index (χ2v) is 6.47. The molecular formula is C7H10Br3F. The first-order valence-electron chi connectivity index (χ1n) is 3.63. The summed E-state index contributed by atoms with van der Waals surface area (Å²) in [4.78, 5) is 1.17. The Bertz CT molecular complexity index is 131. The van der Waals surface area contributed by atoms with Crippen LogP contribution in [0.4, 0.5) is 4.39 Å². The van der Waals surface area contributed by atoms with Gasteiger partial charge in [0.2, 0.25) is 0 Å². The van der Waals surface area contributed by atoms with E-state index in [4.69, 9.17) is 0 Å². The zero-order chi connectivity index (χ0) is 8.43. The Morgan fingerprint density at radius 1 is 1.18 bits per heavy atom. The topological polar surface area (TPSA) is 0 Å². The Hall–Kier alpha value is 1.37. The first-order valence-corrected chi connectivity index (χ1v) is 6.38. The summed E-state index contributed by atoms with van der Waals surface area (Å²) in [6, 6.07) is 0. The van der Waals surface area contributed by atoms with E-state index in [1.54, 1.807) is 0 Å². The normalized spacial score (nSPS) is 45.8. The van der Waals surface area contributed by atoms with Gasteiger partial charge in [0.25, 0.3) is 0 Å². The van der Waals surface area contributed by atoms with Crippen LogP contribution in [0.2, 0.25) is 0 Å². The van der Waals surface area contributed by atoms with E-state index in [0.717, 1.165) is 12.8 Å². The molecule has 0 amide bonds. The lowest BCUT2D eigenvalue weighted by Gasteiger charge is -2.32. The minimum absolute atomic E-state index is 0.164. The molecule has 0 bridgehead atoms. The summed E-state index contributed by atoms with van der Waals surface area (Å²) in [5.74, 6) is 0.164. The van der Waals surface area contributed by atoms with Crippen molar-refractivity contribution in [2.45, 2.75) is 27.3 Å². The maximum atomic E-state index is 12.4. The van der Waals surface area contributed by atoms with Gasteiger partial charge in [0.1, 0.15) is 0 Å². The molecule has 4 atom stereocenters. The number of hydrogen-bond acceptors (Lipinski definition) is 0. The number of hydrogen-bond donors (Lipinski definition) is 0. The molecule has 0 aromatic heterocycles. The van der Waals surface area contributed by atoms with Crippen molar-refractivity contribution in [3.8, 4) is 0 Å². The zero-order valence-corrected chi connectivity index (χ0v) is 10.7. The molecule has 0 nitrogen and oxygen atoms in total. The Morgan fingerprint density at radius 3 is 2.36 bits per heavy atom. The van der Waals surface area contributed by atoms with E-state index in [9.17, 15) is 4.39 Å². The van der Waals surface area contributed by atoms with Crippen molar-refractivity contribution in [1.82, 2.24) is 0 Å². The van der Waals surface area contributed by atoms with Crippen LogP contribution in [0, 0.1) is 5.92 Å². The summed E-state index contributed by atoms with van der Waals surface area (Å²) in [6.07, 6.45) is 2.01. The standard InChI is InChI=1S/C7H10Br3F/c8-5-1-4(3-11)7(10)6(9)2-5/h4-7H,1-3H2. The van der Waals surface area contributed by atoms with E-state index in [2.05, 4.69) is 47.8 Å². The summed E-state index contributed by atoms with van der Waals surface area (Å²) in [5.41, 5.74) is 0. The van der Waals surface area contributed by atoms with Gasteiger partial charge >= 0.3 is 0 Å². The second-order valence-electron chi connectivity index (χ2n) is 2.94. The highest BCUT2D eigenvalue weighted by Crippen LogP contribution is 2.37. The molecule has 4 unspecified atom stereocenters. The minimum Gasteiger partial charge on any atom is -0.251 e. The summed E-state index contributed by atoms with van der Waals surface area (Å²) < 4.78 is 12.4.